The van der Waals surface area contributed by atoms with Gasteiger partial charge in [-0.3, -0.25) is 14.4 Å². The first kappa shape index (κ1) is 59.4. The summed E-state index contributed by atoms with van der Waals surface area (Å²) in [5, 5.41) is 0. The molecule has 0 aliphatic rings. The Morgan fingerprint density at radius 3 is 0.705 bits per heavy atom. The normalized spacial score (nSPS) is 12.1. The Bertz CT molecular complexity index is 945. The average molecular weight is 863 g/mol. The number of rotatable bonds is 48. The van der Waals surface area contributed by atoms with Gasteiger partial charge >= 0.3 is 17.9 Å². The first-order valence-corrected chi connectivity index (χ1v) is 27.1. The molecule has 0 radical (unpaired) electrons. The van der Waals surface area contributed by atoms with Gasteiger partial charge in [-0.1, -0.05) is 260 Å². The number of hydrogen-bond donors (Lipinski definition) is 0. The van der Waals surface area contributed by atoms with Crippen molar-refractivity contribution in [2.75, 3.05) is 13.2 Å². The maximum atomic E-state index is 12.8. The van der Waals surface area contributed by atoms with E-state index < -0.39 is 6.10 Å². The van der Waals surface area contributed by atoms with Crippen LogP contribution in [-0.4, -0.2) is 37.2 Å². The molecule has 0 spiro atoms. The molecule has 0 fully saturated rings. The van der Waals surface area contributed by atoms with Crippen molar-refractivity contribution in [3.63, 3.8) is 0 Å². The van der Waals surface area contributed by atoms with E-state index >= 15 is 0 Å². The van der Waals surface area contributed by atoms with Gasteiger partial charge in [-0.15, -0.1) is 0 Å². The molecule has 0 aliphatic carbocycles. The lowest BCUT2D eigenvalue weighted by Gasteiger charge is -2.18. The molecule has 6 heteroatoms. The van der Waals surface area contributed by atoms with Crippen molar-refractivity contribution in [1.29, 1.82) is 0 Å². The summed E-state index contributed by atoms with van der Waals surface area (Å²) in [5.74, 6) is 1.62. The minimum atomic E-state index is -0.763. The minimum Gasteiger partial charge on any atom is -0.462 e. The van der Waals surface area contributed by atoms with Crippen LogP contribution in [0.3, 0.4) is 0 Å². The molecular weight excluding hydrogens is 757 g/mol. The summed E-state index contributed by atoms with van der Waals surface area (Å²) in [6.07, 6.45) is 46.7. The predicted octanol–water partition coefficient (Wildman–Crippen LogP) is 17.6. The molecule has 0 aromatic carbocycles. The zero-order valence-corrected chi connectivity index (χ0v) is 42.0. The average Bonchev–Trinajstić information content (AvgIpc) is 3.22. The van der Waals surface area contributed by atoms with Gasteiger partial charge in [-0.25, -0.2) is 0 Å². The molecule has 0 rings (SSSR count). The van der Waals surface area contributed by atoms with Gasteiger partial charge in [0.2, 0.25) is 0 Å². The van der Waals surface area contributed by atoms with Gasteiger partial charge in [0.1, 0.15) is 13.2 Å². The quantitative estimate of drug-likeness (QED) is 0.0344. The summed E-state index contributed by atoms with van der Waals surface area (Å²) in [5.41, 5.74) is 0. The van der Waals surface area contributed by atoms with Gasteiger partial charge in [-0.2, -0.15) is 0 Å². The lowest BCUT2D eigenvalue weighted by Crippen LogP contribution is -2.30. The van der Waals surface area contributed by atoms with Crippen molar-refractivity contribution in [3.05, 3.63) is 0 Å². The van der Waals surface area contributed by atoms with Gasteiger partial charge in [0.15, 0.2) is 6.10 Å². The van der Waals surface area contributed by atoms with Crippen LogP contribution in [0.5, 0.6) is 0 Å². The number of carbonyl (C=O) groups excluding carboxylic acids is 3. The van der Waals surface area contributed by atoms with Crippen LogP contribution in [0.4, 0.5) is 0 Å². The van der Waals surface area contributed by atoms with Crippen LogP contribution in [0.25, 0.3) is 0 Å². The lowest BCUT2D eigenvalue weighted by atomic mass is 10.0. The maximum Gasteiger partial charge on any atom is 0.306 e. The number of carbonyl (C=O) groups is 3. The maximum absolute atomic E-state index is 12.8. The van der Waals surface area contributed by atoms with Gasteiger partial charge in [-0.05, 0) is 37.0 Å². The van der Waals surface area contributed by atoms with E-state index in [9.17, 15) is 14.4 Å². The van der Waals surface area contributed by atoms with Crippen LogP contribution in [0.1, 0.15) is 298 Å². The van der Waals surface area contributed by atoms with E-state index in [2.05, 4.69) is 41.5 Å². The highest BCUT2D eigenvalue weighted by molar-refractivity contribution is 5.71. The number of unbranched alkanes of at least 4 members (excludes halogenated alkanes) is 31. The Labute approximate surface area is 380 Å². The Morgan fingerprint density at radius 2 is 0.475 bits per heavy atom. The van der Waals surface area contributed by atoms with Crippen LogP contribution >= 0.6 is 0 Å². The molecule has 6 nitrogen and oxygen atoms in total. The Morgan fingerprint density at radius 1 is 0.279 bits per heavy atom. The lowest BCUT2D eigenvalue weighted by molar-refractivity contribution is -0.167. The molecule has 0 aromatic rings. The third-order valence-corrected chi connectivity index (χ3v) is 12.4. The zero-order chi connectivity index (χ0) is 44.9. The molecular formula is C55H106O6. The minimum absolute atomic E-state index is 0.0644. The fourth-order valence-corrected chi connectivity index (χ4v) is 8.29. The van der Waals surface area contributed by atoms with Crippen LogP contribution in [-0.2, 0) is 28.6 Å². The monoisotopic (exact) mass is 863 g/mol. The largest absolute Gasteiger partial charge is 0.462 e. The summed E-state index contributed by atoms with van der Waals surface area (Å²) in [4.78, 5) is 38.0. The summed E-state index contributed by atoms with van der Waals surface area (Å²) in [6, 6.07) is 0. The van der Waals surface area contributed by atoms with E-state index in [1.165, 1.54) is 180 Å². The molecule has 0 N–H and O–H groups in total. The molecule has 0 unspecified atom stereocenters. The second-order valence-corrected chi connectivity index (χ2v) is 20.3. The van der Waals surface area contributed by atoms with Crippen LogP contribution in [0.2, 0.25) is 0 Å². The predicted molar refractivity (Wildman–Crippen MR) is 261 cm³/mol. The first-order valence-electron chi connectivity index (χ1n) is 27.1. The van der Waals surface area contributed by atoms with Crippen molar-refractivity contribution in [2.45, 2.75) is 304 Å². The van der Waals surface area contributed by atoms with E-state index in [1.54, 1.807) is 0 Å². The molecule has 0 aliphatic heterocycles. The van der Waals surface area contributed by atoms with E-state index in [1.807, 2.05) is 0 Å². The fourth-order valence-electron chi connectivity index (χ4n) is 8.29. The number of ether oxygens (including phenoxy) is 3. The Kier molecular flexibility index (Phi) is 45.2. The molecule has 0 aromatic heterocycles. The third-order valence-electron chi connectivity index (χ3n) is 12.4. The van der Waals surface area contributed by atoms with Gasteiger partial charge in [0.25, 0.3) is 0 Å². The van der Waals surface area contributed by atoms with Crippen LogP contribution < -0.4 is 0 Å². The molecule has 0 bridgehead atoms. The van der Waals surface area contributed by atoms with E-state index in [0.29, 0.717) is 19.3 Å². The summed E-state index contributed by atoms with van der Waals surface area (Å²) in [6.45, 7) is 13.7. The molecule has 0 amide bonds. The van der Waals surface area contributed by atoms with E-state index in [-0.39, 0.29) is 31.1 Å². The first-order chi connectivity index (χ1) is 29.6. The van der Waals surface area contributed by atoms with Crippen molar-refractivity contribution < 1.29 is 28.6 Å². The second-order valence-electron chi connectivity index (χ2n) is 20.3. The highest BCUT2D eigenvalue weighted by atomic mass is 16.6. The SMILES string of the molecule is CC(C)CCCCCCCCCCCCCCCCCC(=O)OC[C@@H](COC(=O)CCCCCCCCCCCCC(C)C)OC(=O)CCCCCCCCCCCC(C)C. The van der Waals surface area contributed by atoms with Gasteiger partial charge in [0.05, 0.1) is 0 Å². The van der Waals surface area contributed by atoms with Crippen molar-refractivity contribution >= 4 is 17.9 Å². The molecule has 362 valence electrons. The smallest absolute Gasteiger partial charge is 0.306 e. The fraction of sp³-hybridized carbons (Fsp3) is 0.945. The topological polar surface area (TPSA) is 78.9 Å². The molecule has 1 atom stereocenters. The molecule has 61 heavy (non-hydrogen) atoms. The van der Waals surface area contributed by atoms with E-state index in [0.717, 1.165) is 75.5 Å². The van der Waals surface area contributed by atoms with Crippen molar-refractivity contribution in [1.82, 2.24) is 0 Å². The Hall–Kier alpha value is -1.59. The summed E-state index contributed by atoms with van der Waals surface area (Å²) < 4.78 is 16.8. The van der Waals surface area contributed by atoms with Crippen LogP contribution in [0, 0.1) is 17.8 Å². The number of esters is 3. The zero-order valence-electron chi connectivity index (χ0n) is 42.0. The van der Waals surface area contributed by atoms with Gasteiger partial charge in [0, 0.05) is 19.3 Å². The van der Waals surface area contributed by atoms with Gasteiger partial charge < -0.3 is 14.2 Å². The standard InChI is InChI=1S/C55H106O6/c1-49(2)41-35-29-23-17-12-10-8-7-9-11-13-20-26-32-38-44-53(56)59-47-52(61-55(58)46-40-34-28-22-16-19-25-31-37-43-51(5)6)48-60-54(57)45-39-33-27-21-15-14-18-24-30-36-42-50(3)4/h49-52H,7-48H2,1-6H3/t52-/m0/s1. The second kappa shape index (κ2) is 46.4. The molecule has 0 heterocycles. The highest BCUT2D eigenvalue weighted by Crippen LogP contribution is 2.18. The third kappa shape index (κ3) is 49.3. The summed E-state index contributed by atoms with van der Waals surface area (Å²) >= 11 is 0. The molecule has 0 saturated carbocycles. The summed E-state index contributed by atoms with van der Waals surface area (Å²) in [7, 11) is 0. The Balaban J connectivity index is 4.28. The van der Waals surface area contributed by atoms with Crippen molar-refractivity contribution in [2.24, 2.45) is 17.8 Å². The van der Waals surface area contributed by atoms with Crippen LogP contribution in [0.15, 0.2) is 0 Å². The van der Waals surface area contributed by atoms with E-state index in [4.69, 9.17) is 14.2 Å². The van der Waals surface area contributed by atoms with Crippen molar-refractivity contribution in [3.8, 4) is 0 Å². The highest BCUT2D eigenvalue weighted by Gasteiger charge is 2.19. The molecule has 0 saturated heterocycles. The number of hydrogen-bond acceptors (Lipinski definition) is 6.